The van der Waals surface area contributed by atoms with Gasteiger partial charge < -0.3 is 20.7 Å². The Kier molecular flexibility index (Phi) is 2.84. The Morgan fingerprint density at radius 2 is 1.80 bits per heavy atom. The van der Waals surface area contributed by atoms with E-state index in [-0.39, 0.29) is 11.5 Å². The molecule has 1 aliphatic heterocycles. The second-order valence-corrected chi connectivity index (χ2v) is 4.53. The number of benzene rings is 2. The van der Waals surface area contributed by atoms with Gasteiger partial charge in [-0.25, -0.2) is 0 Å². The molecule has 20 heavy (non-hydrogen) atoms. The van der Waals surface area contributed by atoms with Crippen LogP contribution in [0.4, 0.5) is 5.69 Å². The van der Waals surface area contributed by atoms with Crippen molar-refractivity contribution in [1.29, 1.82) is 0 Å². The first-order chi connectivity index (χ1) is 9.61. The number of aromatic hydroxyl groups is 2. The minimum Gasteiger partial charge on any atom is -0.504 e. The van der Waals surface area contributed by atoms with E-state index in [2.05, 4.69) is 0 Å². The fourth-order valence-corrected chi connectivity index (χ4v) is 1.98. The summed E-state index contributed by atoms with van der Waals surface area (Å²) in [5.74, 6) is 1.02. The highest BCUT2D eigenvalue weighted by Gasteiger charge is 2.10. The number of nitrogen functional groups attached to an aromatic ring is 1. The molecule has 0 amide bonds. The van der Waals surface area contributed by atoms with E-state index >= 15 is 0 Å². The number of phenolic OH excluding ortho intramolecular Hbond substituents is 2. The number of fused-ring (bicyclic) bond motifs is 1. The quantitative estimate of drug-likeness (QED) is 0.548. The van der Waals surface area contributed by atoms with Gasteiger partial charge in [0.15, 0.2) is 11.5 Å². The maximum atomic E-state index is 9.47. The third-order valence-electron chi connectivity index (χ3n) is 3.00. The van der Waals surface area contributed by atoms with E-state index < -0.39 is 0 Å². The standard InChI is InChI=1S/C16H13NO3/c17-12-4-2-11-3-5-13(20-16(11)9-12)7-10-1-6-14(18)15(19)8-10/h1-9,18-19H,17H2/b13-7+. The molecule has 0 aromatic heterocycles. The number of anilines is 1. The second kappa shape index (κ2) is 4.66. The molecule has 2 aromatic rings. The maximum Gasteiger partial charge on any atom is 0.157 e. The lowest BCUT2D eigenvalue weighted by Gasteiger charge is -2.15. The number of allylic oxidation sites excluding steroid dienone is 1. The van der Waals surface area contributed by atoms with Crippen molar-refractivity contribution in [3.8, 4) is 17.2 Å². The van der Waals surface area contributed by atoms with Gasteiger partial charge in [-0.1, -0.05) is 6.07 Å². The molecule has 100 valence electrons. The molecule has 0 atom stereocenters. The summed E-state index contributed by atoms with van der Waals surface area (Å²) in [7, 11) is 0. The molecule has 4 heteroatoms. The summed E-state index contributed by atoms with van der Waals surface area (Å²) in [6.07, 6.45) is 5.54. The molecule has 4 N–H and O–H groups in total. The Balaban J connectivity index is 1.93. The van der Waals surface area contributed by atoms with Crippen LogP contribution in [-0.2, 0) is 0 Å². The second-order valence-electron chi connectivity index (χ2n) is 4.53. The Bertz CT molecular complexity index is 732. The summed E-state index contributed by atoms with van der Waals surface area (Å²) in [6.45, 7) is 0. The lowest BCUT2D eigenvalue weighted by Crippen LogP contribution is -1.99. The SMILES string of the molecule is Nc1ccc2c(c1)O/C(=C/c1ccc(O)c(O)c1)C=C2. The van der Waals surface area contributed by atoms with Crippen LogP contribution in [0.3, 0.4) is 0 Å². The molecule has 3 rings (SSSR count). The molecule has 0 saturated carbocycles. The van der Waals surface area contributed by atoms with Gasteiger partial charge in [0.25, 0.3) is 0 Å². The van der Waals surface area contributed by atoms with Crippen LogP contribution in [0.25, 0.3) is 12.2 Å². The highest BCUT2D eigenvalue weighted by atomic mass is 16.5. The lowest BCUT2D eigenvalue weighted by molar-refractivity contribution is 0.403. The van der Waals surface area contributed by atoms with Crippen LogP contribution in [0.15, 0.2) is 48.2 Å². The summed E-state index contributed by atoms with van der Waals surface area (Å²) < 4.78 is 5.74. The third-order valence-corrected chi connectivity index (χ3v) is 3.00. The first-order valence-electron chi connectivity index (χ1n) is 6.11. The van der Waals surface area contributed by atoms with Crippen LogP contribution in [0.5, 0.6) is 17.2 Å². The van der Waals surface area contributed by atoms with E-state index in [0.717, 1.165) is 11.1 Å². The number of phenols is 2. The average molecular weight is 267 g/mol. The van der Waals surface area contributed by atoms with Gasteiger partial charge in [0, 0.05) is 17.3 Å². The molecule has 0 saturated heterocycles. The third kappa shape index (κ3) is 2.31. The smallest absolute Gasteiger partial charge is 0.157 e. The topological polar surface area (TPSA) is 75.7 Å². The highest BCUT2D eigenvalue weighted by Crippen LogP contribution is 2.31. The molecule has 0 radical (unpaired) electrons. The van der Waals surface area contributed by atoms with Gasteiger partial charge in [-0.05, 0) is 48.1 Å². The molecule has 4 nitrogen and oxygen atoms in total. The molecule has 0 unspecified atom stereocenters. The zero-order valence-electron chi connectivity index (χ0n) is 10.6. The van der Waals surface area contributed by atoms with Crippen molar-refractivity contribution in [3.63, 3.8) is 0 Å². The molecule has 0 spiro atoms. The van der Waals surface area contributed by atoms with Crippen LogP contribution in [0, 0.1) is 0 Å². The minimum absolute atomic E-state index is 0.148. The fraction of sp³-hybridized carbons (Fsp3) is 0. The summed E-state index contributed by atoms with van der Waals surface area (Å²) >= 11 is 0. The van der Waals surface area contributed by atoms with Gasteiger partial charge >= 0.3 is 0 Å². The summed E-state index contributed by atoms with van der Waals surface area (Å²) in [4.78, 5) is 0. The number of ether oxygens (including phenoxy) is 1. The van der Waals surface area contributed by atoms with Crippen molar-refractivity contribution in [1.82, 2.24) is 0 Å². The summed E-state index contributed by atoms with van der Waals surface area (Å²) in [5.41, 5.74) is 8.06. The fourth-order valence-electron chi connectivity index (χ4n) is 1.98. The zero-order chi connectivity index (χ0) is 14.1. The predicted molar refractivity (Wildman–Crippen MR) is 78.3 cm³/mol. The van der Waals surface area contributed by atoms with E-state index in [9.17, 15) is 10.2 Å². The maximum absolute atomic E-state index is 9.47. The molecule has 0 aliphatic carbocycles. The summed E-state index contributed by atoms with van der Waals surface area (Å²) in [5, 5.41) is 18.7. The Hall–Kier alpha value is -2.88. The van der Waals surface area contributed by atoms with E-state index in [1.165, 1.54) is 12.1 Å². The first-order valence-corrected chi connectivity index (χ1v) is 6.11. The highest BCUT2D eigenvalue weighted by molar-refractivity contribution is 5.69. The van der Waals surface area contributed by atoms with Crippen LogP contribution >= 0.6 is 0 Å². The monoisotopic (exact) mass is 267 g/mol. The Morgan fingerprint density at radius 1 is 0.950 bits per heavy atom. The van der Waals surface area contributed by atoms with Crippen molar-refractivity contribution in [3.05, 3.63) is 59.4 Å². The van der Waals surface area contributed by atoms with Gasteiger partial charge in [0.2, 0.25) is 0 Å². The van der Waals surface area contributed by atoms with Crippen LogP contribution in [-0.4, -0.2) is 10.2 Å². The van der Waals surface area contributed by atoms with Gasteiger partial charge in [0.1, 0.15) is 11.5 Å². The van der Waals surface area contributed by atoms with Gasteiger partial charge in [-0.3, -0.25) is 0 Å². The number of nitrogens with two attached hydrogens (primary N) is 1. The normalized spacial score (nSPS) is 14.9. The molecular weight excluding hydrogens is 254 g/mol. The van der Waals surface area contributed by atoms with Gasteiger partial charge in [-0.15, -0.1) is 0 Å². The van der Waals surface area contributed by atoms with E-state index in [4.69, 9.17) is 10.5 Å². The number of rotatable bonds is 1. The molecular formula is C16H13NO3. The van der Waals surface area contributed by atoms with Crippen molar-refractivity contribution < 1.29 is 14.9 Å². The predicted octanol–water partition coefficient (Wildman–Crippen LogP) is 3.13. The largest absolute Gasteiger partial charge is 0.504 e. The minimum atomic E-state index is -0.163. The molecule has 1 aliphatic rings. The van der Waals surface area contributed by atoms with Crippen LogP contribution < -0.4 is 10.5 Å². The van der Waals surface area contributed by atoms with E-state index in [1.54, 1.807) is 18.2 Å². The molecule has 2 aromatic carbocycles. The van der Waals surface area contributed by atoms with Crippen molar-refractivity contribution >= 4 is 17.8 Å². The van der Waals surface area contributed by atoms with Crippen LogP contribution in [0.1, 0.15) is 11.1 Å². The zero-order valence-corrected chi connectivity index (χ0v) is 10.6. The molecule has 0 bridgehead atoms. The van der Waals surface area contributed by atoms with E-state index in [1.807, 2.05) is 24.3 Å². The van der Waals surface area contributed by atoms with E-state index in [0.29, 0.717) is 17.2 Å². The van der Waals surface area contributed by atoms with Crippen molar-refractivity contribution in [2.45, 2.75) is 0 Å². The molecule has 1 heterocycles. The Labute approximate surface area is 116 Å². The van der Waals surface area contributed by atoms with Gasteiger partial charge in [-0.2, -0.15) is 0 Å². The number of hydrogen-bond donors (Lipinski definition) is 3. The van der Waals surface area contributed by atoms with Crippen LogP contribution in [0.2, 0.25) is 0 Å². The first kappa shape index (κ1) is 12.2. The van der Waals surface area contributed by atoms with Crippen molar-refractivity contribution in [2.24, 2.45) is 0 Å². The lowest BCUT2D eigenvalue weighted by atomic mass is 10.1. The van der Waals surface area contributed by atoms with Gasteiger partial charge in [0.05, 0.1) is 0 Å². The van der Waals surface area contributed by atoms with Crippen molar-refractivity contribution in [2.75, 3.05) is 5.73 Å². The molecule has 0 fully saturated rings. The summed E-state index contributed by atoms with van der Waals surface area (Å²) in [6, 6.07) is 10.1. The Morgan fingerprint density at radius 3 is 2.60 bits per heavy atom. The average Bonchev–Trinajstić information content (AvgIpc) is 2.42. The number of hydrogen-bond acceptors (Lipinski definition) is 4.